The fourth-order valence-electron chi connectivity index (χ4n) is 6.09. The van der Waals surface area contributed by atoms with Crippen molar-refractivity contribution >= 4 is 5.97 Å². The van der Waals surface area contributed by atoms with E-state index in [1.165, 1.54) is 24.8 Å². The third-order valence-electron chi connectivity index (χ3n) is 6.09. The summed E-state index contributed by atoms with van der Waals surface area (Å²) in [6, 6.07) is 10.8. The topological polar surface area (TPSA) is 40.1 Å². The molecule has 4 bridgehead atoms. The Balaban J connectivity index is 1.74. The summed E-state index contributed by atoms with van der Waals surface area (Å²) in [6.45, 7) is 0. The third-order valence-corrected chi connectivity index (χ3v) is 6.09. The molecule has 4 saturated carbocycles. The van der Waals surface area contributed by atoms with Crippen molar-refractivity contribution in [3.63, 3.8) is 0 Å². The van der Waals surface area contributed by atoms with Crippen molar-refractivity contribution in [2.75, 3.05) is 0 Å². The number of benzene rings is 1. The lowest BCUT2D eigenvalue weighted by Gasteiger charge is -2.62. The van der Waals surface area contributed by atoms with Gasteiger partial charge in [0.15, 0.2) is 0 Å². The first kappa shape index (κ1) is 12.4. The predicted molar refractivity (Wildman–Crippen MR) is 74.9 cm³/mol. The number of carboxylic acids is 1. The Morgan fingerprint density at radius 3 is 2.35 bits per heavy atom. The van der Waals surface area contributed by atoms with E-state index in [-0.39, 0.29) is 17.3 Å². The number of carbonyl (C=O) groups is 1. The highest BCUT2D eigenvalue weighted by Gasteiger charge is 2.57. The maximum absolute atomic E-state index is 11.2. The molecule has 4 fully saturated rings. The standard InChI is InChI=1S/C18H22O2/c19-16(20)11-17-7-13-6-14(8-17)10-18(9-13,12-17)15-4-2-1-3-5-15/h1-5,13-14H,6-12H2,(H,19,20)/p-1. The average Bonchev–Trinajstić information content (AvgIpc) is 2.36. The average molecular weight is 269 g/mol. The predicted octanol–water partition coefficient (Wildman–Crippen LogP) is 2.66. The summed E-state index contributed by atoms with van der Waals surface area (Å²) in [4.78, 5) is 11.2. The Hall–Kier alpha value is -1.31. The summed E-state index contributed by atoms with van der Waals surface area (Å²) in [5, 5.41) is 11.2. The number of hydrogen-bond donors (Lipinski definition) is 0. The molecular formula is C18H21O2-. The van der Waals surface area contributed by atoms with Crippen LogP contribution in [0.1, 0.15) is 50.5 Å². The van der Waals surface area contributed by atoms with E-state index < -0.39 is 5.97 Å². The van der Waals surface area contributed by atoms with Gasteiger partial charge in [0.1, 0.15) is 0 Å². The molecule has 2 atom stereocenters. The highest BCUT2D eigenvalue weighted by atomic mass is 16.4. The smallest absolute Gasteiger partial charge is 0.0419 e. The maximum Gasteiger partial charge on any atom is 0.0419 e. The van der Waals surface area contributed by atoms with Crippen LogP contribution >= 0.6 is 0 Å². The van der Waals surface area contributed by atoms with E-state index >= 15 is 0 Å². The van der Waals surface area contributed by atoms with Crippen molar-refractivity contribution in [2.24, 2.45) is 17.3 Å². The first-order valence-corrected chi connectivity index (χ1v) is 7.85. The molecule has 1 aromatic rings. The fourth-order valence-corrected chi connectivity index (χ4v) is 6.09. The largest absolute Gasteiger partial charge is 0.550 e. The molecule has 0 amide bonds. The lowest BCUT2D eigenvalue weighted by Crippen LogP contribution is -2.55. The van der Waals surface area contributed by atoms with Crippen molar-refractivity contribution in [2.45, 2.75) is 50.4 Å². The zero-order chi connectivity index (χ0) is 13.8. The van der Waals surface area contributed by atoms with Crippen LogP contribution in [-0.2, 0) is 10.2 Å². The number of hydrogen-bond acceptors (Lipinski definition) is 2. The molecule has 106 valence electrons. The van der Waals surface area contributed by atoms with E-state index in [1.54, 1.807) is 0 Å². The fraction of sp³-hybridized carbons (Fsp3) is 0.611. The number of rotatable bonds is 3. The van der Waals surface area contributed by atoms with Crippen LogP contribution < -0.4 is 5.11 Å². The molecule has 0 aromatic heterocycles. The van der Waals surface area contributed by atoms with Crippen LogP contribution in [0.25, 0.3) is 0 Å². The minimum atomic E-state index is -0.852. The minimum absolute atomic E-state index is 0.0265. The molecule has 2 heteroatoms. The lowest BCUT2D eigenvalue weighted by molar-refractivity contribution is -0.310. The molecule has 4 aliphatic rings. The second kappa shape index (κ2) is 4.09. The van der Waals surface area contributed by atoms with E-state index in [9.17, 15) is 9.90 Å². The summed E-state index contributed by atoms with van der Waals surface area (Å²) in [6.07, 6.45) is 7.42. The molecule has 2 unspecified atom stereocenters. The van der Waals surface area contributed by atoms with E-state index in [0.29, 0.717) is 0 Å². The molecule has 0 heterocycles. The molecule has 4 aliphatic carbocycles. The van der Waals surface area contributed by atoms with Crippen LogP contribution in [0.4, 0.5) is 0 Å². The third kappa shape index (κ3) is 1.81. The number of carboxylic acid groups (broad SMARTS) is 1. The highest BCUT2D eigenvalue weighted by molar-refractivity contribution is 5.65. The summed E-state index contributed by atoms with van der Waals surface area (Å²) in [7, 11) is 0. The second-order valence-electron chi connectivity index (χ2n) is 7.66. The van der Waals surface area contributed by atoms with Gasteiger partial charge in [-0.3, -0.25) is 0 Å². The van der Waals surface area contributed by atoms with Gasteiger partial charge in [0.2, 0.25) is 0 Å². The van der Waals surface area contributed by atoms with Crippen LogP contribution in [-0.4, -0.2) is 5.97 Å². The van der Waals surface area contributed by atoms with Gasteiger partial charge in [0.25, 0.3) is 0 Å². The molecule has 5 rings (SSSR count). The summed E-state index contributed by atoms with van der Waals surface area (Å²) >= 11 is 0. The van der Waals surface area contributed by atoms with Crippen LogP contribution in [0.3, 0.4) is 0 Å². The number of carbonyl (C=O) groups excluding carboxylic acids is 1. The molecule has 1 aromatic carbocycles. The van der Waals surface area contributed by atoms with Gasteiger partial charge in [-0.1, -0.05) is 30.3 Å². The summed E-state index contributed by atoms with van der Waals surface area (Å²) < 4.78 is 0. The van der Waals surface area contributed by atoms with Gasteiger partial charge in [-0.2, -0.15) is 0 Å². The van der Waals surface area contributed by atoms with E-state index in [0.717, 1.165) is 31.1 Å². The van der Waals surface area contributed by atoms with E-state index in [1.807, 2.05) is 0 Å². The molecule has 0 aliphatic heterocycles. The highest BCUT2D eigenvalue weighted by Crippen LogP contribution is 2.66. The van der Waals surface area contributed by atoms with Crippen LogP contribution in [0.15, 0.2) is 30.3 Å². The Labute approximate surface area is 120 Å². The van der Waals surface area contributed by atoms with Gasteiger partial charge in [-0.05, 0) is 73.2 Å². The van der Waals surface area contributed by atoms with E-state index in [4.69, 9.17) is 0 Å². The zero-order valence-corrected chi connectivity index (χ0v) is 11.8. The summed E-state index contributed by atoms with van der Waals surface area (Å²) in [5.41, 5.74) is 1.72. The summed E-state index contributed by atoms with van der Waals surface area (Å²) in [5.74, 6) is 0.613. The molecule has 2 nitrogen and oxygen atoms in total. The molecular weight excluding hydrogens is 248 g/mol. The molecule has 0 N–H and O–H groups in total. The minimum Gasteiger partial charge on any atom is -0.550 e. The van der Waals surface area contributed by atoms with Gasteiger partial charge in [0, 0.05) is 5.97 Å². The van der Waals surface area contributed by atoms with Crippen molar-refractivity contribution in [1.82, 2.24) is 0 Å². The van der Waals surface area contributed by atoms with Crippen LogP contribution in [0.2, 0.25) is 0 Å². The van der Waals surface area contributed by atoms with Crippen molar-refractivity contribution in [1.29, 1.82) is 0 Å². The Bertz CT molecular complexity index is 520. The Kier molecular flexibility index (Phi) is 2.55. The first-order valence-electron chi connectivity index (χ1n) is 7.85. The van der Waals surface area contributed by atoms with E-state index in [2.05, 4.69) is 30.3 Å². The van der Waals surface area contributed by atoms with Gasteiger partial charge in [0.05, 0.1) is 0 Å². The lowest BCUT2D eigenvalue weighted by atomic mass is 9.42. The van der Waals surface area contributed by atoms with Gasteiger partial charge in [-0.15, -0.1) is 0 Å². The molecule has 0 radical (unpaired) electrons. The van der Waals surface area contributed by atoms with Crippen LogP contribution in [0, 0.1) is 17.3 Å². The molecule has 0 spiro atoms. The zero-order valence-electron chi connectivity index (χ0n) is 11.8. The maximum atomic E-state index is 11.2. The van der Waals surface area contributed by atoms with Crippen molar-refractivity contribution in [3.05, 3.63) is 35.9 Å². The molecule has 0 saturated heterocycles. The van der Waals surface area contributed by atoms with Gasteiger partial charge >= 0.3 is 0 Å². The Morgan fingerprint density at radius 1 is 1.10 bits per heavy atom. The van der Waals surface area contributed by atoms with Gasteiger partial charge < -0.3 is 9.90 Å². The number of aliphatic carboxylic acids is 1. The quantitative estimate of drug-likeness (QED) is 0.846. The molecule has 20 heavy (non-hydrogen) atoms. The van der Waals surface area contributed by atoms with Crippen LogP contribution in [0.5, 0.6) is 0 Å². The van der Waals surface area contributed by atoms with Crippen molar-refractivity contribution < 1.29 is 9.90 Å². The van der Waals surface area contributed by atoms with Crippen molar-refractivity contribution in [3.8, 4) is 0 Å². The van der Waals surface area contributed by atoms with Gasteiger partial charge in [-0.25, -0.2) is 0 Å². The second-order valence-corrected chi connectivity index (χ2v) is 7.66. The Morgan fingerprint density at radius 2 is 1.75 bits per heavy atom. The normalized spacial score (nSPS) is 41.8. The monoisotopic (exact) mass is 269 g/mol. The SMILES string of the molecule is O=C([O-])CC12CC3CC(C1)CC(c1ccccc1)(C3)C2. The first-order chi connectivity index (χ1) is 9.59.